The minimum Gasteiger partial charge on any atom is -0.496 e. The molecule has 6 nitrogen and oxygen atoms in total. The maximum absolute atomic E-state index is 12.1. The third kappa shape index (κ3) is 4.69. The Bertz CT molecular complexity index is 786. The quantitative estimate of drug-likeness (QED) is 0.736. The van der Waals surface area contributed by atoms with Crippen molar-refractivity contribution in [3.63, 3.8) is 0 Å². The number of hydrogen-bond acceptors (Lipinski definition) is 5. The van der Waals surface area contributed by atoms with Crippen molar-refractivity contribution >= 4 is 12.0 Å². The first-order chi connectivity index (χ1) is 12.6. The predicted molar refractivity (Wildman–Crippen MR) is 100.0 cm³/mol. The van der Waals surface area contributed by atoms with Crippen molar-refractivity contribution in [1.82, 2.24) is 5.32 Å². The number of amides is 1. The van der Waals surface area contributed by atoms with E-state index in [1.54, 1.807) is 46.6 Å². The molecule has 138 valence electrons. The fourth-order valence-electron chi connectivity index (χ4n) is 2.44. The fourth-order valence-corrected chi connectivity index (χ4v) is 2.44. The van der Waals surface area contributed by atoms with E-state index < -0.39 is 0 Å². The van der Waals surface area contributed by atoms with Gasteiger partial charge in [-0.15, -0.1) is 0 Å². The first kappa shape index (κ1) is 19.2. The summed E-state index contributed by atoms with van der Waals surface area (Å²) in [6.07, 6.45) is 3.17. The molecule has 0 atom stereocenters. The number of methoxy groups -OCH3 is 4. The van der Waals surface area contributed by atoms with Gasteiger partial charge < -0.3 is 24.3 Å². The molecule has 0 aliphatic rings. The predicted octanol–water partition coefficient (Wildman–Crippen LogP) is 3.05. The van der Waals surface area contributed by atoms with Crippen molar-refractivity contribution in [2.75, 3.05) is 28.4 Å². The summed E-state index contributed by atoms with van der Waals surface area (Å²) in [6, 6.07) is 11.0. The summed E-state index contributed by atoms with van der Waals surface area (Å²) in [5, 5.41) is 2.83. The number of nitrogens with one attached hydrogen (secondary N) is 1. The minimum absolute atomic E-state index is 0.229. The topological polar surface area (TPSA) is 66.0 Å². The average Bonchev–Trinajstić information content (AvgIpc) is 2.69. The van der Waals surface area contributed by atoms with Crippen LogP contribution in [0.3, 0.4) is 0 Å². The molecular weight excluding hydrogens is 334 g/mol. The lowest BCUT2D eigenvalue weighted by Crippen LogP contribution is -2.20. The molecule has 2 aromatic carbocycles. The van der Waals surface area contributed by atoms with Crippen molar-refractivity contribution in [2.24, 2.45) is 0 Å². The van der Waals surface area contributed by atoms with Gasteiger partial charge in [0.2, 0.25) is 5.91 Å². The molecule has 0 aromatic heterocycles. The molecule has 0 radical (unpaired) electrons. The third-order valence-corrected chi connectivity index (χ3v) is 3.79. The van der Waals surface area contributed by atoms with Crippen LogP contribution in [0, 0.1) is 0 Å². The van der Waals surface area contributed by atoms with Crippen LogP contribution in [0.2, 0.25) is 0 Å². The molecule has 0 aliphatic carbocycles. The molecule has 0 fully saturated rings. The van der Waals surface area contributed by atoms with Gasteiger partial charge in [0.1, 0.15) is 11.5 Å². The van der Waals surface area contributed by atoms with Crippen LogP contribution in [0.4, 0.5) is 0 Å². The van der Waals surface area contributed by atoms with Gasteiger partial charge in [0.15, 0.2) is 11.5 Å². The molecule has 0 spiro atoms. The number of para-hydroxylation sites is 1. The van der Waals surface area contributed by atoms with Crippen molar-refractivity contribution in [2.45, 2.75) is 6.54 Å². The standard InChI is InChI=1S/C20H23NO5/c1-23-16-8-6-5-7-14(16)9-10-20(22)21-13-15-11-18(25-3)19(26-4)12-17(15)24-2/h5-12H,13H2,1-4H3,(H,21,22)/b10-9+. The molecule has 6 heteroatoms. The Kier molecular flexibility index (Phi) is 6.91. The van der Waals surface area contributed by atoms with E-state index in [0.717, 1.165) is 11.1 Å². The van der Waals surface area contributed by atoms with Crippen molar-refractivity contribution in [1.29, 1.82) is 0 Å². The maximum Gasteiger partial charge on any atom is 0.244 e. The Hall–Kier alpha value is -3.15. The molecule has 0 saturated carbocycles. The van der Waals surface area contributed by atoms with Crippen LogP contribution in [-0.2, 0) is 11.3 Å². The van der Waals surface area contributed by atoms with E-state index in [-0.39, 0.29) is 5.91 Å². The average molecular weight is 357 g/mol. The molecule has 0 bridgehead atoms. The van der Waals surface area contributed by atoms with Gasteiger partial charge in [-0.3, -0.25) is 4.79 Å². The van der Waals surface area contributed by atoms with Crippen molar-refractivity contribution in [3.8, 4) is 23.0 Å². The van der Waals surface area contributed by atoms with Gasteiger partial charge in [0.05, 0.1) is 28.4 Å². The summed E-state index contributed by atoms with van der Waals surface area (Å²) in [4.78, 5) is 12.1. The summed E-state index contributed by atoms with van der Waals surface area (Å²) in [5.41, 5.74) is 1.61. The normalized spacial score (nSPS) is 10.5. The van der Waals surface area contributed by atoms with Crippen molar-refractivity contribution in [3.05, 3.63) is 53.6 Å². The van der Waals surface area contributed by atoms with Crippen LogP contribution < -0.4 is 24.3 Å². The molecule has 2 rings (SSSR count). The SMILES string of the molecule is COc1ccccc1/C=C/C(=O)NCc1cc(OC)c(OC)cc1OC. The number of benzene rings is 2. The Labute approximate surface area is 153 Å². The second kappa shape index (κ2) is 9.36. The first-order valence-electron chi connectivity index (χ1n) is 8.00. The zero-order valence-corrected chi connectivity index (χ0v) is 15.4. The van der Waals surface area contributed by atoms with E-state index in [0.29, 0.717) is 29.5 Å². The van der Waals surface area contributed by atoms with Gasteiger partial charge in [-0.1, -0.05) is 18.2 Å². The molecule has 0 heterocycles. The number of rotatable bonds is 8. The highest BCUT2D eigenvalue weighted by Crippen LogP contribution is 2.34. The lowest BCUT2D eigenvalue weighted by atomic mass is 10.1. The second-order valence-corrected chi connectivity index (χ2v) is 5.31. The molecule has 0 aliphatic heterocycles. The van der Waals surface area contributed by atoms with E-state index in [4.69, 9.17) is 18.9 Å². The van der Waals surface area contributed by atoms with Gasteiger partial charge in [0.25, 0.3) is 0 Å². The van der Waals surface area contributed by atoms with Gasteiger partial charge >= 0.3 is 0 Å². The smallest absolute Gasteiger partial charge is 0.244 e. The Morgan fingerprint density at radius 2 is 1.50 bits per heavy atom. The van der Waals surface area contributed by atoms with E-state index in [1.165, 1.54) is 6.08 Å². The molecule has 0 unspecified atom stereocenters. The Morgan fingerprint density at radius 1 is 0.885 bits per heavy atom. The summed E-state index contributed by atoms with van der Waals surface area (Å²) in [5.74, 6) is 2.22. The second-order valence-electron chi connectivity index (χ2n) is 5.31. The highest BCUT2D eigenvalue weighted by atomic mass is 16.5. The van der Waals surface area contributed by atoms with Crippen LogP contribution in [0.1, 0.15) is 11.1 Å². The van der Waals surface area contributed by atoms with Gasteiger partial charge in [-0.2, -0.15) is 0 Å². The van der Waals surface area contributed by atoms with Gasteiger partial charge in [-0.05, 0) is 18.2 Å². The molecule has 1 N–H and O–H groups in total. The molecule has 0 saturated heterocycles. The molecular formula is C20H23NO5. The summed E-state index contributed by atoms with van der Waals surface area (Å²) < 4.78 is 21.2. The lowest BCUT2D eigenvalue weighted by Gasteiger charge is -2.14. The first-order valence-corrected chi connectivity index (χ1v) is 8.00. The van der Waals surface area contributed by atoms with Crippen molar-refractivity contribution < 1.29 is 23.7 Å². The third-order valence-electron chi connectivity index (χ3n) is 3.79. The summed E-state index contributed by atoms with van der Waals surface area (Å²) >= 11 is 0. The number of carbonyl (C=O) groups excluding carboxylic acids is 1. The largest absolute Gasteiger partial charge is 0.496 e. The molecule has 26 heavy (non-hydrogen) atoms. The van der Waals surface area contributed by atoms with Crippen LogP contribution >= 0.6 is 0 Å². The molecule has 2 aromatic rings. The van der Waals surface area contributed by atoms with Crippen LogP contribution in [0.15, 0.2) is 42.5 Å². The highest BCUT2D eigenvalue weighted by Gasteiger charge is 2.12. The molecule has 1 amide bonds. The number of carbonyl (C=O) groups is 1. The zero-order chi connectivity index (χ0) is 18.9. The number of ether oxygens (including phenoxy) is 4. The highest BCUT2D eigenvalue weighted by molar-refractivity contribution is 5.92. The van der Waals surface area contributed by atoms with E-state index in [2.05, 4.69) is 5.32 Å². The van der Waals surface area contributed by atoms with Gasteiger partial charge in [0, 0.05) is 29.8 Å². The summed E-state index contributed by atoms with van der Waals surface area (Å²) in [6.45, 7) is 0.290. The summed E-state index contributed by atoms with van der Waals surface area (Å²) in [7, 11) is 6.27. The van der Waals surface area contributed by atoms with Crippen LogP contribution in [-0.4, -0.2) is 34.3 Å². The Balaban J connectivity index is 2.08. The van der Waals surface area contributed by atoms with E-state index >= 15 is 0 Å². The number of hydrogen-bond donors (Lipinski definition) is 1. The zero-order valence-electron chi connectivity index (χ0n) is 15.4. The van der Waals surface area contributed by atoms with Gasteiger partial charge in [-0.25, -0.2) is 0 Å². The maximum atomic E-state index is 12.1. The van der Waals surface area contributed by atoms with E-state index in [1.807, 2.05) is 24.3 Å². The lowest BCUT2D eigenvalue weighted by molar-refractivity contribution is -0.116. The van der Waals surface area contributed by atoms with Crippen LogP contribution in [0.5, 0.6) is 23.0 Å². The Morgan fingerprint density at radius 3 is 2.15 bits per heavy atom. The van der Waals surface area contributed by atoms with Crippen LogP contribution in [0.25, 0.3) is 6.08 Å². The van der Waals surface area contributed by atoms with E-state index in [9.17, 15) is 4.79 Å². The minimum atomic E-state index is -0.229. The monoisotopic (exact) mass is 357 g/mol. The fraction of sp³-hybridized carbons (Fsp3) is 0.250.